The van der Waals surface area contributed by atoms with E-state index in [4.69, 9.17) is 25.1 Å². The molecule has 1 N–H and O–H groups in total. The third-order valence-electron chi connectivity index (χ3n) is 5.96. The molecule has 0 unspecified atom stereocenters. The first kappa shape index (κ1) is 27.0. The minimum absolute atomic E-state index is 0.0240. The van der Waals surface area contributed by atoms with Gasteiger partial charge in [-0.3, -0.25) is 13.9 Å². The van der Waals surface area contributed by atoms with Crippen molar-refractivity contribution in [2.45, 2.75) is 18.4 Å². The fourth-order valence-electron chi connectivity index (χ4n) is 4.60. The van der Waals surface area contributed by atoms with Gasteiger partial charge in [-0.25, -0.2) is 0 Å². The summed E-state index contributed by atoms with van der Waals surface area (Å²) in [6.07, 6.45) is 0.0388. The number of rotatable bonds is 6. The van der Waals surface area contributed by atoms with Gasteiger partial charge in [0.2, 0.25) is 7.37 Å². The lowest BCUT2D eigenvalue weighted by atomic mass is 9.85. The molecule has 11 heteroatoms. The predicted octanol–water partition coefficient (Wildman–Crippen LogP) is 6.08. The van der Waals surface area contributed by atoms with E-state index in [1.807, 2.05) is 7.05 Å². The number of likely N-dealkylation sites (N-methyl/N-ethyl adjacent to an activating group) is 1. The number of hydrogen-bond acceptors (Lipinski definition) is 8. The number of aromatic hydroxyl groups is 1. The first-order valence-corrected chi connectivity index (χ1v) is 16.9. The fourth-order valence-corrected chi connectivity index (χ4v) is 6.32. The molecule has 0 spiro atoms. The van der Waals surface area contributed by atoms with E-state index < -0.39 is 32.2 Å². The lowest BCUT2D eigenvalue weighted by molar-refractivity contribution is 0.0866. The van der Waals surface area contributed by atoms with Crippen molar-refractivity contribution in [3.63, 3.8) is 0 Å². The van der Waals surface area contributed by atoms with Crippen LogP contribution in [0.4, 0.5) is 0 Å². The van der Waals surface area contributed by atoms with Crippen molar-refractivity contribution in [2.24, 2.45) is 0 Å². The maximum Gasteiger partial charge on any atom is 0.242 e. The fraction of sp³-hybridized carbons (Fsp3) is 0.400. The summed E-state index contributed by atoms with van der Waals surface area (Å²) < 4.78 is 43.6. The summed E-state index contributed by atoms with van der Waals surface area (Å²) in [4.78, 5) is 15.3. The average molecular weight is 554 g/mol. The Bertz CT molecular complexity index is 1460. The zero-order valence-electron chi connectivity index (χ0n) is 20.9. The molecule has 0 amide bonds. The molecule has 0 saturated carbocycles. The van der Waals surface area contributed by atoms with Gasteiger partial charge in [-0.2, -0.15) is 0 Å². The summed E-state index contributed by atoms with van der Waals surface area (Å²) in [6.45, 7) is 7.18. The lowest BCUT2D eigenvalue weighted by Gasteiger charge is -2.38. The zero-order chi connectivity index (χ0) is 26.4. The molecule has 0 radical (unpaired) electrons. The average Bonchev–Trinajstić information content (AvgIpc) is 2.72. The van der Waals surface area contributed by atoms with Crippen LogP contribution in [-0.2, 0) is 13.7 Å². The second-order valence-electron chi connectivity index (χ2n) is 9.86. The van der Waals surface area contributed by atoms with Gasteiger partial charge >= 0.3 is 0 Å². The SMILES string of the molecule is CN1CC[C@H](c2c(OP(C)(C)=O)cc(O)c3c(=O)cc(-c4ccccc4Cl)oc23)[C@H](OP(C)(C)=O)C1. The Balaban J connectivity index is 2.05. The van der Waals surface area contributed by atoms with Crippen LogP contribution in [0.2, 0.25) is 5.02 Å². The van der Waals surface area contributed by atoms with E-state index in [9.17, 15) is 19.0 Å². The van der Waals surface area contributed by atoms with Gasteiger partial charge in [0.1, 0.15) is 28.2 Å². The van der Waals surface area contributed by atoms with Crippen LogP contribution in [0.3, 0.4) is 0 Å². The van der Waals surface area contributed by atoms with E-state index >= 15 is 0 Å². The maximum absolute atomic E-state index is 13.3. The number of phenols is 1. The number of phenolic OH excluding ortho intramolecular Hbond substituents is 1. The molecule has 36 heavy (non-hydrogen) atoms. The molecule has 2 heterocycles. The van der Waals surface area contributed by atoms with Crippen LogP contribution >= 0.6 is 26.3 Å². The number of fused-ring (bicyclic) bond motifs is 1. The number of halogens is 1. The second kappa shape index (κ2) is 10.00. The number of benzene rings is 2. The third kappa shape index (κ3) is 5.90. The molecule has 1 aliphatic heterocycles. The molecule has 1 aliphatic rings. The van der Waals surface area contributed by atoms with Crippen LogP contribution < -0.4 is 9.95 Å². The van der Waals surface area contributed by atoms with Gasteiger partial charge in [-0.1, -0.05) is 23.7 Å². The molecule has 2 aromatic carbocycles. The number of piperidine rings is 1. The molecule has 0 aliphatic carbocycles. The molecule has 2 atom stereocenters. The topological polar surface area (TPSA) is 106 Å². The molecular weight excluding hydrogens is 524 g/mol. The maximum atomic E-state index is 13.3. The molecular formula is C25H30ClNO7P2. The highest BCUT2D eigenvalue weighted by molar-refractivity contribution is 7.57. The Hall–Kier alpha value is -2.08. The molecule has 4 rings (SSSR count). The summed E-state index contributed by atoms with van der Waals surface area (Å²) in [6, 6.07) is 9.54. The van der Waals surface area contributed by atoms with Gasteiger partial charge in [0.25, 0.3) is 0 Å². The van der Waals surface area contributed by atoms with Crippen LogP contribution in [0.25, 0.3) is 22.3 Å². The molecule has 8 nitrogen and oxygen atoms in total. The Morgan fingerprint density at radius 3 is 2.44 bits per heavy atom. The first-order chi connectivity index (χ1) is 16.7. The van der Waals surface area contributed by atoms with Crippen LogP contribution in [-0.4, -0.2) is 62.9 Å². The second-order valence-corrected chi connectivity index (χ2v) is 15.7. The minimum Gasteiger partial charge on any atom is -0.507 e. The Kier molecular flexibility index (Phi) is 7.49. The van der Waals surface area contributed by atoms with Gasteiger partial charge in [-0.15, -0.1) is 0 Å². The molecule has 194 valence electrons. The van der Waals surface area contributed by atoms with Gasteiger partial charge in [0.05, 0.1) is 11.1 Å². The molecule has 1 aromatic heterocycles. The molecule has 1 fully saturated rings. The Morgan fingerprint density at radius 1 is 1.11 bits per heavy atom. The van der Waals surface area contributed by atoms with Gasteiger partial charge in [0, 0.05) is 62.4 Å². The highest BCUT2D eigenvalue weighted by Gasteiger charge is 2.37. The molecule has 1 saturated heterocycles. The summed E-state index contributed by atoms with van der Waals surface area (Å²) in [5, 5.41) is 11.2. The van der Waals surface area contributed by atoms with E-state index in [1.54, 1.807) is 37.6 Å². The van der Waals surface area contributed by atoms with Gasteiger partial charge in [-0.05, 0) is 32.1 Å². The minimum atomic E-state index is -3.08. The first-order valence-electron chi connectivity index (χ1n) is 11.5. The smallest absolute Gasteiger partial charge is 0.242 e. The Morgan fingerprint density at radius 2 is 1.81 bits per heavy atom. The summed E-state index contributed by atoms with van der Waals surface area (Å²) in [5.41, 5.74) is 0.597. The van der Waals surface area contributed by atoms with Crippen molar-refractivity contribution in [1.29, 1.82) is 0 Å². The largest absolute Gasteiger partial charge is 0.507 e. The summed E-state index contributed by atoms with van der Waals surface area (Å²) in [7, 11) is -4.04. The summed E-state index contributed by atoms with van der Waals surface area (Å²) >= 11 is 6.38. The predicted molar refractivity (Wildman–Crippen MR) is 144 cm³/mol. The monoisotopic (exact) mass is 553 g/mol. The van der Waals surface area contributed by atoms with Crippen molar-refractivity contribution >= 4 is 37.3 Å². The van der Waals surface area contributed by atoms with E-state index in [0.29, 0.717) is 35.7 Å². The van der Waals surface area contributed by atoms with Crippen molar-refractivity contribution < 1.29 is 27.7 Å². The van der Waals surface area contributed by atoms with Crippen LogP contribution in [0.15, 0.2) is 45.6 Å². The molecule has 3 aromatic rings. The van der Waals surface area contributed by atoms with E-state index in [1.165, 1.54) is 25.5 Å². The van der Waals surface area contributed by atoms with Crippen molar-refractivity contribution in [2.75, 3.05) is 46.8 Å². The van der Waals surface area contributed by atoms with Crippen LogP contribution in [0, 0.1) is 0 Å². The zero-order valence-corrected chi connectivity index (χ0v) is 23.4. The quantitative estimate of drug-likeness (QED) is 0.366. The van der Waals surface area contributed by atoms with Crippen molar-refractivity contribution in [1.82, 2.24) is 4.90 Å². The third-order valence-corrected chi connectivity index (χ3v) is 7.71. The van der Waals surface area contributed by atoms with E-state index in [0.717, 1.165) is 0 Å². The molecule has 0 bridgehead atoms. The van der Waals surface area contributed by atoms with E-state index in [-0.39, 0.29) is 28.2 Å². The lowest BCUT2D eigenvalue weighted by Crippen LogP contribution is -2.41. The number of nitrogens with zero attached hydrogens (tertiary/aromatic N) is 1. The highest BCUT2D eigenvalue weighted by Crippen LogP contribution is 2.51. The number of likely N-dealkylation sites (tertiary alicyclic amines) is 1. The van der Waals surface area contributed by atoms with E-state index in [2.05, 4.69) is 4.90 Å². The highest BCUT2D eigenvalue weighted by atomic mass is 35.5. The van der Waals surface area contributed by atoms with Gasteiger partial charge < -0.3 is 23.5 Å². The van der Waals surface area contributed by atoms with Crippen LogP contribution in [0.1, 0.15) is 17.9 Å². The van der Waals surface area contributed by atoms with Crippen molar-refractivity contribution in [3.05, 3.63) is 57.2 Å². The normalized spacial score (nSPS) is 19.5. The standard InChI is InChI=1S/C25H30ClNO7P2/c1-27-11-10-16(22(14-27)34-36(4,5)31)23-21(33-35(2,3)30)13-19(29)24-18(28)12-20(32-25(23)24)15-8-6-7-9-17(15)26/h6-9,12-13,16,22,29H,10-11,14H2,1-5H3/t16-,22+/m0/s1. The summed E-state index contributed by atoms with van der Waals surface area (Å²) in [5.74, 6) is -0.408. The Labute approximate surface area is 215 Å². The van der Waals surface area contributed by atoms with Gasteiger partial charge in [0.15, 0.2) is 12.8 Å². The number of hydrogen-bond donors (Lipinski definition) is 1. The van der Waals surface area contributed by atoms with Crippen LogP contribution in [0.5, 0.6) is 11.5 Å². The van der Waals surface area contributed by atoms with Crippen molar-refractivity contribution in [3.8, 4) is 22.8 Å².